The molecule has 9 heavy (non-hydrogen) atoms. The minimum atomic E-state index is 0.197. The lowest BCUT2D eigenvalue weighted by Gasteiger charge is -1.90. The van der Waals surface area contributed by atoms with E-state index in [2.05, 4.69) is 10.2 Å². The van der Waals surface area contributed by atoms with E-state index in [-0.39, 0.29) is 6.61 Å². The SMILES string of the molecule is OCCc1cnncp1. The lowest BCUT2D eigenvalue weighted by Crippen LogP contribution is -1.88. The summed E-state index contributed by atoms with van der Waals surface area (Å²) in [5, 5.41) is 16.9. The topological polar surface area (TPSA) is 46.0 Å². The third-order valence-electron chi connectivity index (χ3n) is 0.917. The number of aliphatic hydroxyl groups is 1. The highest BCUT2D eigenvalue weighted by molar-refractivity contribution is 7.29. The van der Waals surface area contributed by atoms with Crippen molar-refractivity contribution in [1.82, 2.24) is 10.2 Å². The van der Waals surface area contributed by atoms with Gasteiger partial charge in [0.2, 0.25) is 0 Å². The van der Waals surface area contributed by atoms with E-state index in [0.29, 0.717) is 6.42 Å². The Morgan fingerprint density at radius 1 is 1.56 bits per heavy atom. The molecule has 0 fully saturated rings. The third kappa shape index (κ3) is 2.04. The maximum absolute atomic E-state index is 8.49. The van der Waals surface area contributed by atoms with Crippen LogP contribution in [0, 0.1) is 0 Å². The van der Waals surface area contributed by atoms with Crippen molar-refractivity contribution in [2.24, 2.45) is 0 Å². The van der Waals surface area contributed by atoms with Crippen molar-refractivity contribution >= 4 is 8.19 Å². The molecule has 1 N–H and O–H groups in total. The molecule has 1 aromatic rings. The summed E-state index contributed by atoms with van der Waals surface area (Å²) in [4.78, 5) is 0. The average molecular weight is 142 g/mol. The van der Waals surface area contributed by atoms with Crippen molar-refractivity contribution in [2.45, 2.75) is 6.42 Å². The molecule has 1 heterocycles. The van der Waals surface area contributed by atoms with Crippen LogP contribution in [0.2, 0.25) is 0 Å². The van der Waals surface area contributed by atoms with Crippen molar-refractivity contribution in [3.63, 3.8) is 0 Å². The molecule has 0 radical (unpaired) electrons. The second-order valence-corrected chi connectivity index (χ2v) is 2.63. The Labute approximate surface area is 54.9 Å². The van der Waals surface area contributed by atoms with Crippen LogP contribution in [-0.4, -0.2) is 21.9 Å². The first kappa shape index (κ1) is 6.59. The Morgan fingerprint density at radius 3 is 3.00 bits per heavy atom. The predicted molar refractivity (Wildman–Crippen MR) is 35.3 cm³/mol. The third-order valence-corrected chi connectivity index (χ3v) is 1.81. The van der Waals surface area contributed by atoms with Gasteiger partial charge in [0.05, 0.1) is 12.1 Å². The van der Waals surface area contributed by atoms with Crippen LogP contribution >= 0.6 is 8.19 Å². The average Bonchev–Trinajstić information content (AvgIpc) is 1.91. The Hall–Kier alpha value is -0.530. The molecular formula is C5H7N2OP. The van der Waals surface area contributed by atoms with Gasteiger partial charge in [-0.2, -0.15) is 10.2 Å². The zero-order valence-electron chi connectivity index (χ0n) is 4.86. The molecular weight excluding hydrogens is 135 g/mol. The zero-order valence-corrected chi connectivity index (χ0v) is 5.75. The lowest BCUT2D eigenvalue weighted by molar-refractivity contribution is 0.300. The first-order valence-corrected chi connectivity index (χ1v) is 3.62. The summed E-state index contributed by atoms with van der Waals surface area (Å²) in [6.07, 6.45) is 2.40. The molecule has 1 aromatic heterocycles. The van der Waals surface area contributed by atoms with E-state index in [0.717, 1.165) is 13.5 Å². The van der Waals surface area contributed by atoms with Crippen LogP contribution < -0.4 is 0 Å². The molecule has 0 unspecified atom stereocenters. The number of nitrogens with zero attached hydrogens (tertiary/aromatic N) is 2. The lowest BCUT2D eigenvalue weighted by atomic mass is 10.4. The molecule has 0 bridgehead atoms. The normalized spacial score (nSPS) is 10.3. The van der Waals surface area contributed by atoms with E-state index in [1.165, 1.54) is 0 Å². The van der Waals surface area contributed by atoms with Crippen LogP contribution in [0.5, 0.6) is 0 Å². The highest BCUT2D eigenvalue weighted by Crippen LogP contribution is 2.08. The zero-order chi connectivity index (χ0) is 6.53. The van der Waals surface area contributed by atoms with Gasteiger partial charge >= 0.3 is 0 Å². The molecule has 0 saturated heterocycles. The highest BCUT2D eigenvalue weighted by Gasteiger charge is 1.88. The number of hydrogen-bond donors (Lipinski definition) is 1. The van der Waals surface area contributed by atoms with Crippen LogP contribution in [0.1, 0.15) is 5.30 Å². The number of hydrogen-bond acceptors (Lipinski definition) is 3. The van der Waals surface area contributed by atoms with Crippen LogP contribution in [0.4, 0.5) is 0 Å². The Balaban J connectivity index is 2.61. The van der Waals surface area contributed by atoms with E-state index in [9.17, 15) is 0 Å². The largest absolute Gasteiger partial charge is 0.396 e. The minimum Gasteiger partial charge on any atom is -0.396 e. The van der Waals surface area contributed by atoms with Gasteiger partial charge < -0.3 is 5.11 Å². The summed E-state index contributed by atoms with van der Waals surface area (Å²) in [6.45, 7) is 0.197. The van der Waals surface area contributed by atoms with Gasteiger partial charge in [-0.3, -0.25) is 0 Å². The first-order valence-electron chi connectivity index (χ1n) is 2.66. The molecule has 3 nitrogen and oxygen atoms in total. The van der Waals surface area contributed by atoms with Gasteiger partial charge in [-0.15, -0.1) is 0 Å². The quantitative estimate of drug-likeness (QED) is 0.657. The second kappa shape index (κ2) is 3.49. The summed E-state index contributed by atoms with van der Waals surface area (Å²) in [6, 6.07) is 0. The molecule has 0 amide bonds. The van der Waals surface area contributed by atoms with Gasteiger partial charge in [-0.25, -0.2) is 0 Å². The Kier molecular flexibility index (Phi) is 2.55. The van der Waals surface area contributed by atoms with Crippen molar-refractivity contribution in [3.8, 4) is 0 Å². The van der Waals surface area contributed by atoms with Gasteiger partial charge in [-0.1, -0.05) is 0 Å². The molecule has 48 valence electrons. The summed E-state index contributed by atoms with van der Waals surface area (Å²) in [5.74, 6) is 1.71. The number of aromatic nitrogens is 2. The van der Waals surface area contributed by atoms with Gasteiger partial charge in [0.1, 0.15) is 0 Å². The molecule has 0 spiro atoms. The van der Waals surface area contributed by atoms with Gasteiger partial charge in [0.25, 0.3) is 0 Å². The van der Waals surface area contributed by atoms with Crippen molar-refractivity contribution < 1.29 is 5.11 Å². The van der Waals surface area contributed by atoms with E-state index in [1.54, 1.807) is 12.1 Å². The van der Waals surface area contributed by atoms with E-state index in [4.69, 9.17) is 5.11 Å². The summed E-state index contributed by atoms with van der Waals surface area (Å²) in [7, 11) is 1.06. The predicted octanol–water partition coefficient (Wildman–Crippen LogP) is 0.591. The maximum Gasteiger partial charge on any atom is 0.0768 e. The van der Waals surface area contributed by atoms with Crippen LogP contribution in [-0.2, 0) is 6.42 Å². The fraction of sp³-hybridized carbons (Fsp3) is 0.400. The Morgan fingerprint density at radius 2 is 2.44 bits per heavy atom. The molecule has 0 aromatic carbocycles. The molecule has 4 heteroatoms. The smallest absolute Gasteiger partial charge is 0.0768 e. The maximum atomic E-state index is 8.49. The fourth-order valence-corrected chi connectivity index (χ4v) is 1.11. The van der Waals surface area contributed by atoms with E-state index >= 15 is 0 Å². The van der Waals surface area contributed by atoms with Crippen LogP contribution in [0.15, 0.2) is 12.1 Å². The van der Waals surface area contributed by atoms with Crippen molar-refractivity contribution in [2.75, 3.05) is 6.61 Å². The summed E-state index contributed by atoms with van der Waals surface area (Å²) >= 11 is 0. The van der Waals surface area contributed by atoms with Gasteiger partial charge in [0.15, 0.2) is 0 Å². The standard InChI is InChI=1S/C5H7N2OP/c8-2-1-5-3-6-7-4-9-5/h3-4,8H,1-2H2. The monoisotopic (exact) mass is 142 g/mol. The molecule has 0 atom stereocenters. The van der Waals surface area contributed by atoms with Gasteiger partial charge in [0, 0.05) is 18.3 Å². The minimum absolute atomic E-state index is 0.197. The Bertz CT molecular complexity index is 168. The van der Waals surface area contributed by atoms with Gasteiger partial charge in [-0.05, 0) is 8.19 Å². The van der Waals surface area contributed by atoms with Crippen LogP contribution in [0.25, 0.3) is 0 Å². The van der Waals surface area contributed by atoms with E-state index in [1.807, 2.05) is 0 Å². The molecule has 0 saturated carbocycles. The van der Waals surface area contributed by atoms with Crippen LogP contribution in [0.3, 0.4) is 0 Å². The first-order chi connectivity index (χ1) is 4.43. The fourth-order valence-electron chi connectivity index (χ4n) is 0.507. The second-order valence-electron chi connectivity index (χ2n) is 1.57. The summed E-state index contributed by atoms with van der Waals surface area (Å²) < 4.78 is 0. The molecule has 0 aliphatic carbocycles. The number of aliphatic hydroxyl groups excluding tert-OH is 1. The molecule has 0 aliphatic rings. The molecule has 0 aliphatic heterocycles. The molecule has 1 rings (SSSR count). The van der Waals surface area contributed by atoms with Crippen molar-refractivity contribution in [3.05, 3.63) is 17.4 Å². The number of rotatable bonds is 2. The highest BCUT2D eigenvalue weighted by atomic mass is 31.0. The van der Waals surface area contributed by atoms with E-state index < -0.39 is 0 Å². The van der Waals surface area contributed by atoms with Crippen molar-refractivity contribution in [1.29, 1.82) is 0 Å². The summed E-state index contributed by atoms with van der Waals surface area (Å²) in [5.41, 5.74) is 0.